The number of rotatable bonds is 9. The third-order valence-corrected chi connectivity index (χ3v) is 5.79. The molecule has 0 saturated carbocycles. The number of halogens is 2. The number of hydrogen-bond donors (Lipinski definition) is 1. The van der Waals surface area contributed by atoms with E-state index in [4.69, 9.17) is 27.9 Å². The molecule has 0 spiro atoms. The molecule has 1 aromatic heterocycles. The van der Waals surface area contributed by atoms with E-state index in [1.807, 2.05) is 17.6 Å². The molecular formula is C21H20Cl2N4O2S. The molecule has 0 aliphatic rings. The number of allylic oxidation sites excluding steroid dienone is 1. The Balaban J connectivity index is 1.62. The van der Waals surface area contributed by atoms with E-state index in [2.05, 4.69) is 22.1 Å². The fourth-order valence-electron chi connectivity index (χ4n) is 2.58. The van der Waals surface area contributed by atoms with Crippen molar-refractivity contribution in [3.63, 3.8) is 0 Å². The highest BCUT2D eigenvalue weighted by molar-refractivity contribution is 7.99. The van der Waals surface area contributed by atoms with Crippen LogP contribution in [0, 0.1) is 6.92 Å². The smallest absolute Gasteiger partial charge is 0.234 e. The van der Waals surface area contributed by atoms with E-state index < -0.39 is 0 Å². The van der Waals surface area contributed by atoms with Crippen molar-refractivity contribution in [3.8, 4) is 5.75 Å². The van der Waals surface area contributed by atoms with Crippen molar-refractivity contribution in [1.29, 1.82) is 0 Å². The number of amides is 1. The number of nitrogens with zero attached hydrogens (tertiary/aromatic N) is 3. The molecule has 0 unspecified atom stereocenters. The molecule has 30 heavy (non-hydrogen) atoms. The minimum Gasteiger partial charge on any atom is -0.486 e. The molecule has 0 atom stereocenters. The lowest BCUT2D eigenvalue weighted by atomic mass is 10.2. The third kappa shape index (κ3) is 5.78. The van der Waals surface area contributed by atoms with E-state index >= 15 is 0 Å². The van der Waals surface area contributed by atoms with Gasteiger partial charge in [-0.25, -0.2) is 0 Å². The normalized spacial score (nSPS) is 10.6. The molecule has 2 aromatic carbocycles. The Morgan fingerprint density at radius 3 is 2.73 bits per heavy atom. The molecule has 156 valence electrons. The Hall–Kier alpha value is -2.48. The van der Waals surface area contributed by atoms with Gasteiger partial charge < -0.3 is 10.1 Å². The van der Waals surface area contributed by atoms with Crippen LogP contribution in [-0.4, -0.2) is 26.4 Å². The number of nitrogens with one attached hydrogen (secondary N) is 1. The van der Waals surface area contributed by atoms with Gasteiger partial charge in [0.25, 0.3) is 0 Å². The van der Waals surface area contributed by atoms with E-state index in [0.29, 0.717) is 39.0 Å². The van der Waals surface area contributed by atoms with Gasteiger partial charge >= 0.3 is 0 Å². The quantitative estimate of drug-likeness (QED) is 0.341. The zero-order chi connectivity index (χ0) is 21.5. The highest BCUT2D eigenvalue weighted by atomic mass is 35.5. The number of hydrogen-bond acceptors (Lipinski definition) is 5. The molecule has 6 nitrogen and oxygen atoms in total. The van der Waals surface area contributed by atoms with E-state index in [-0.39, 0.29) is 18.3 Å². The zero-order valence-electron chi connectivity index (χ0n) is 16.3. The number of benzene rings is 2. The summed E-state index contributed by atoms with van der Waals surface area (Å²) in [5, 5.41) is 13.1. The van der Waals surface area contributed by atoms with Gasteiger partial charge in [0.05, 0.1) is 5.75 Å². The second-order valence-corrected chi connectivity index (χ2v) is 8.08. The first-order valence-electron chi connectivity index (χ1n) is 9.07. The maximum Gasteiger partial charge on any atom is 0.234 e. The van der Waals surface area contributed by atoms with Gasteiger partial charge in [-0.15, -0.1) is 16.8 Å². The molecule has 1 N–H and O–H groups in total. The van der Waals surface area contributed by atoms with Crippen LogP contribution in [0.15, 0.2) is 60.3 Å². The molecule has 0 radical (unpaired) electrons. The summed E-state index contributed by atoms with van der Waals surface area (Å²) >= 11 is 13.3. The number of carbonyl (C=O) groups is 1. The van der Waals surface area contributed by atoms with Crippen molar-refractivity contribution in [2.24, 2.45) is 0 Å². The first-order chi connectivity index (χ1) is 14.5. The molecule has 0 fully saturated rings. The number of carbonyl (C=O) groups excluding carboxylic acids is 1. The van der Waals surface area contributed by atoms with Crippen LogP contribution >= 0.6 is 35.0 Å². The second kappa shape index (κ2) is 10.5. The van der Waals surface area contributed by atoms with Crippen molar-refractivity contribution >= 4 is 46.6 Å². The Kier molecular flexibility index (Phi) is 7.79. The zero-order valence-corrected chi connectivity index (χ0v) is 18.6. The van der Waals surface area contributed by atoms with Crippen molar-refractivity contribution in [1.82, 2.24) is 14.8 Å². The van der Waals surface area contributed by atoms with Crippen LogP contribution in [0.4, 0.5) is 5.69 Å². The van der Waals surface area contributed by atoms with Crippen molar-refractivity contribution < 1.29 is 9.53 Å². The third-order valence-electron chi connectivity index (χ3n) is 4.16. The SMILES string of the molecule is C=CCn1c(COc2ccc(Cl)cc2)nnc1SCC(=O)Nc1cccc(Cl)c1C. The highest BCUT2D eigenvalue weighted by Crippen LogP contribution is 2.24. The Morgan fingerprint density at radius 1 is 1.23 bits per heavy atom. The van der Waals surface area contributed by atoms with Gasteiger partial charge in [-0.3, -0.25) is 9.36 Å². The van der Waals surface area contributed by atoms with Gasteiger partial charge in [-0.2, -0.15) is 0 Å². The Bertz CT molecular complexity index is 1040. The molecule has 1 heterocycles. The molecule has 0 aliphatic carbocycles. The summed E-state index contributed by atoms with van der Waals surface area (Å²) in [7, 11) is 0. The molecule has 1 amide bonds. The van der Waals surface area contributed by atoms with Crippen LogP contribution in [0.25, 0.3) is 0 Å². The highest BCUT2D eigenvalue weighted by Gasteiger charge is 2.15. The molecule has 0 bridgehead atoms. The summed E-state index contributed by atoms with van der Waals surface area (Å²) < 4.78 is 7.63. The number of anilines is 1. The largest absolute Gasteiger partial charge is 0.486 e. The predicted molar refractivity (Wildman–Crippen MR) is 122 cm³/mol. The number of thioether (sulfide) groups is 1. The summed E-state index contributed by atoms with van der Waals surface area (Å²) in [5.41, 5.74) is 1.52. The van der Waals surface area contributed by atoms with E-state index in [1.165, 1.54) is 11.8 Å². The lowest BCUT2D eigenvalue weighted by molar-refractivity contribution is -0.113. The minimum absolute atomic E-state index is 0.155. The van der Waals surface area contributed by atoms with Crippen molar-refractivity contribution in [2.75, 3.05) is 11.1 Å². The predicted octanol–water partition coefficient (Wildman–Crippen LogP) is 5.39. The van der Waals surface area contributed by atoms with Gasteiger partial charge in [0.15, 0.2) is 11.0 Å². The van der Waals surface area contributed by atoms with E-state index in [1.54, 1.807) is 42.5 Å². The topological polar surface area (TPSA) is 69.0 Å². The lowest BCUT2D eigenvalue weighted by Crippen LogP contribution is -2.15. The Labute approximate surface area is 189 Å². The molecule has 3 rings (SSSR count). The van der Waals surface area contributed by atoms with Gasteiger partial charge in [0.1, 0.15) is 12.4 Å². The first-order valence-corrected chi connectivity index (χ1v) is 10.8. The maximum atomic E-state index is 12.4. The van der Waals surface area contributed by atoms with Crippen LogP contribution in [0.1, 0.15) is 11.4 Å². The lowest BCUT2D eigenvalue weighted by Gasteiger charge is -2.10. The van der Waals surface area contributed by atoms with Crippen molar-refractivity contribution in [3.05, 3.63) is 76.6 Å². The summed E-state index contributed by atoms with van der Waals surface area (Å²) in [4.78, 5) is 12.4. The number of ether oxygens (including phenoxy) is 1. The molecule has 0 aliphatic heterocycles. The summed E-state index contributed by atoms with van der Waals surface area (Å²) in [6.45, 7) is 6.38. The van der Waals surface area contributed by atoms with Gasteiger partial charge in [0.2, 0.25) is 5.91 Å². The fraction of sp³-hybridized carbons (Fsp3) is 0.190. The van der Waals surface area contributed by atoms with Gasteiger partial charge in [0, 0.05) is 22.3 Å². The van der Waals surface area contributed by atoms with Crippen molar-refractivity contribution in [2.45, 2.75) is 25.2 Å². The maximum absolute atomic E-state index is 12.4. The molecule has 9 heteroatoms. The van der Waals surface area contributed by atoms with Crippen LogP contribution in [0.2, 0.25) is 10.0 Å². The van der Waals surface area contributed by atoms with Gasteiger partial charge in [-0.05, 0) is 48.9 Å². The summed E-state index contributed by atoms with van der Waals surface area (Å²) in [6.07, 6.45) is 1.74. The van der Waals surface area contributed by atoms with Crippen LogP contribution in [0.3, 0.4) is 0 Å². The average Bonchev–Trinajstić information content (AvgIpc) is 3.11. The minimum atomic E-state index is -0.155. The second-order valence-electron chi connectivity index (χ2n) is 6.29. The average molecular weight is 463 g/mol. The number of aromatic nitrogens is 3. The Morgan fingerprint density at radius 2 is 2.00 bits per heavy atom. The van der Waals surface area contributed by atoms with E-state index in [0.717, 1.165) is 5.56 Å². The van der Waals surface area contributed by atoms with Crippen LogP contribution < -0.4 is 10.1 Å². The first kappa shape index (κ1) is 22.2. The summed E-state index contributed by atoms with van der Waals surface area (Å²) in [5.74, 6) is 1.34. The molecular weight excluding hydrogens is 443 g/mol. The summed E-state index contributed by atoms with van der Waals surface area (Å²) in [6, 6.07) is 12.5. The standard InChI is InChI=1S/C21H20Cl2N4O2S/c1-3-11-27-19(12-29-16-9-7-15(22)8-10-16)25-26-21(27)30-13-20(28)24-18-6-4-5-17(23)14(18)2/h3-10H,1,11-13H2,2H3,(H,24,28). The monoisotopic (exact) mass is 462 g/mol. The van der Waals surface area contributed by atoms with E-state index in [9.17, 15) is 4.79 Å². The van der Waals surface area contributed by atoms with Crippen LogP contribution in [-0.2, 0) is 17.9 Å². The van der Waals surface area contributed by atoms with Gasteiger partial charge in [-0.1, -0.05) is 47.1 Å². The van der Waals surface area contributed by atoms with Crippen LogP contribution in [0.5, 0.6) is 5.75 Å². The molecule has 0 saturated heterocycles. The molecule has 3 aromatic rings. The fourth-order valence-corrected chi connectivity index (χ4v) is 3.65.